The molecule has 0 aliphatic rings. The summed E-state index contributed by atoms with van der Waals surface area (Å²) >= 11 is 0. The van der Waals surface area contributed by atoms with Crippen molar-refractivity contribution in [1.29, 1.82) is 0 Å². The Balaban J connectivity index is 3.12. The molecule has 112 valence electrons. The van der Waals surface area contributed by atoms with Gasteiger partial charge < -0.3 is 9.84 Å². The van der Waals surface area contributed by atoms with Crippen molar-refractivity contribution in [1.82, 2.24) is 0 Å². The van der Waals surface area contributed by atoms with E-state index in [2.05, 4.69) is 4.72 Å². The van der Waals surface area contributed by atoms with Crippen LogP contribution < -0.4 is 9.46 Å². The summed E-state index contributed by atoms with van der Waals surface area (Å²) in [7, 11) is -2.21. The molecule has 0 atom stereocenters. The number of aromatic carboxylic acids is 1. The van der Waals surface area contributed by atoms with E-state index in [-0.39, 0.29) is 17.0 Å². The molecule has 0 amide bonds. The number of benzene rings is 1. The van der Waals surface area contributed by atoms with Crippen LogP contribution in [0, 0.1) is 5.41 Å². The lowest BCUT2D eigenvalue weighted by Gasteiger charge is -2.19. The monoisotopic (exact) mass is 301 g/mol. The third-order valence-corrected chi connectivity index (χ3v) is 4.12. The second kappa shape index (κ2) is 5.70. The van der Waals surface area contributed by atoms with E-state index in [1.165, 1.54) is 25.3 Å². The number of sulfonamides is 1. The smallest absolute Gasteiger partial charge is 0.337 e. The Morgan fingerprint density at radius 1 is 1.35 bits per heavy atom. The molecular formula is C13H19NO5S. The number of ether oxygens (including phenoxy) is 1. The number of nitrogens with one attached hydrogen (secondary N) is 1. The van der Waals surface area contributed by atoms with Crippen molar-refractivity contribution in [2.24, 2.45) is 5.41 Å². The van der Waals surface area contributed by atoms with E-state index in [1.807, 2.05) is 0 Å². The van der Waals surface area contributed by atoms with Crippen LogP contribution in [0.3, 0.4) is 0 Å². The number of anilines is 1. The van der Waals surface area contributed by atoms with Gasteiger partial charge in [-0.2, -0.15) is 0 Å². The van der Waals surface area contributed by atoms with Gasteiger partial charge in [-0.1, -0.05) is 20.8 Å². The molecule has 0 spiro atoms. The van der Waals surface area contributed by atoms with E-state index < -0.39 is 21.4 Å². The van der Waals surface area contributed by atoms with Crippen LogP contribution in [0.5, 0.6) is 5.75 Å². The summed E-state index contributed by atoms with van der Waals surface area (Å²) in [5.41, 5.74) is -0.550. The molecule has 0 saturated heterocycles. The second-order valence-corrected chi connectivity index (χ2v) is 7.36. The Morgan fingerprint density at radius 2 is 1.95 bits per heavy atom. The standard InChI is InChI=1S/C13H19NO5S/c1-13(2,3)8-20(17,18)14-11-6-5-9(19-4)7-10(11)12(15)16/h5-7,14H,8H2,1-4H3,(H,15,16). The lowest BCUT2D eigenvalue weighted by Crippen LogP contribution is -2.26. The van der Waals surface area contributed by atoms with Gasteiger partial charge in [0.25, 0.3) is 0 Å². The Bertz CT molecular complexity index is 602. The molecule has 0 bridgehead atoms. The number of carboxylic acids is 1. The van der Waals surface area contributed by atoms with E-state index in [1.54, 1.807) is 20.8 Å². The highest BCUT2D eigenvalue weighted by Crippen LogP contribution is 2.25. The van der Waals surface area contributed by atoms with E-state index in [9.17, 15) is 13.2 Å². The van der Waals surface area contributed by atoms with Gasteiger partial charge in [0.05, 0.1) is 24.1 Å². The van der Waals surface area contributed by atoms with Crippen LogP contribution in [0.1, 0.15) is 31.1 Å². The maximum Gasteiger partial charge on any atom is 0.337 e. The number of rotatable bonds is 5. The molecule has 0 fully saturated rings. The van der Waals surface area contributed by atoms with E-state index in [4.69, 9.17) is 9.84 Å². The predicted molar refractivity (Wildman–Crippen MR) is 76.8 cm³/mol. The van der Waals surface area contributed by atoms with Gasteiger partial charge in [0.15, 0.2) is 0 Å². The largest absolute Gasteiger partial charge is 0.497 e. The molecule has 0 aliphatic heterocycles. The van der Waals surface area contributed by atoms with Gasteiger partial charge in [-0.15, -0.1) is 0 Å². The van der Waals surface area contributed by atoms with Crippen molar-refractivity contribution in [2.45, 2.75) is 20.8 Å². The van der Waals surface area contributed by atoms with Crippen molar-refractivity contribution in [3.63, 3.8) is 0 Å². The van der Waals surface area contributed by atoms with Crippen molar-refractivity contribution < 1.29 is 23.1 Å². The van der Waals surface area contributed by atoms with E-state index in [0.29, 0.717) is 5.75 Å². The molecule has 1 aromatic rings. The fourth-order valence-electron chi connectivity index (χ4n) is 1.69. The quantitative estimate of drug-likeness (QED) is 0.869. The highest BCUT2D eigenvalue weighted by molar-refractivity contribution is 7.92. The minimum atomic E-state index is -3.62. The molecule has 0 heterocycles. The SMILES string of the molecule is COc1ccc(NS(=O)(=O)CC(C)(C)C)c(C(=O)O)c1. The molecule has 0 aromatic heterocycles. The summed E-state index contributed by atoms with van der Waals surface area (Å²) in [5, 5.41) is 9.12. The number of hydrogen-bond acceptors (Lipinski definition) is 4. The summed E-state index contributed by atoms with van der Waals surface area (Å²) in [6, 6.07) is 4.15. The molecule has 0 radical (unpaired) electrons. The highest BCUT2D eigenvalue weighted by Gasteiger charge is 2.23. The summed E-state index contributed by atoms with van der Waals surface area (Å²) < 4.78 is 31.3. The molecule has 1 rings (SSSR count). The van der Waals surface area contributed by atoms with Crippen LogP contribution in [-0.4, -0.2) is 32.4 Å². The van der Waals surface area contributed by atoms with Crippen LogP contribution in [0.25, 0.3) is 0 Å². The molecule has 6 nitrogen and oxygen atoms in total. The zero-order valence-corrected chi connectivity index (χ0v) is 12.7. The number of hydrogen-bond donors (Lipinski definition) is 2. The molecule has 1 aromatic carbocycles. The average molecular weight is 301 g/mol. The fraction of sp³-hybridized carbons (Fsp3) is 0.462. The molecule has 0 saturated carbocycles. The van der Waals surface area contributed by atoms with Crippen molar-refractivity contribution in [3.8, 4) is 5.75 Å². The van der Waals surface area contributed by atoms with Crippen LogP contribution in [0.4, 0.5) is 5.69 Å². The third-order valence-electron chi connectivity index (χ3n) is 2.35. The minimum Gasteiger partial charge on any atom is -0.497 e. The number of carboxylic acid groups (broad SMARTS) is 1. The van der Waals surface area contributed by atoms with Gasteiger partial charge in [0, 0.05) is 0 Å². The zero-order chi connectivity index (χ0) is 15.6. The Hall–Kier alpha value is -1.76. The maximum atomic E-state index is 12.0. The van der Waals surface area contributed by atoms with Gasteiger partial charge in [-0.3, -0.25) is 4.72 Å². The summed E-state index contributed by atoms with van der Waals surface area (Å²) in [4.78, 5) is 11.2. The predicted octanol–water partition coefficient (Wildman–Crippen LogP) is 2.18. The second-order valence-electron chi connectivity index (χ2n) is 5.64. The lowest BCUT2D eigenvalue weighted by molar-refractivity contribution is 0.0697. The van der Waals surface area contributed by atoms with Gasteiger partial charge in [0.2, 0.25) is 10.0 Å². The topological polar surface area (TPSA) is 92.7 Å². The number of methoxy groups -OCH3 is 1. The highest BCUT2D eigenvalue weighted by atomic mass is 32.2. The lowest BCUT2D eigenvalue weighted by atomic mass is 10.0. The average Bonchev–Trinajstić information content (AvgIpc) is 2.25. The van der Waals surface area contributed by atoms with Crippen LogP contribution in [0.15, 0.2) is 18.2 Å². The van der Waals surface area contributed by atoms with Crippen LogP contribution >= 0.6 is 0 Å². The Kier molecular flexibility index (Phi) is 4.65. The first-order valence-corrected chi connectivity index (χ1v) is 7.61. The Labute approximate surface area is 118 Å². The van der Waals surface area contributed by atoms with Crippen molar-refractivity contribution >= 4 is 21.7 Å². The van der Waals surface area contributed by atoms with Crippen molar-refractivity contribution in [3.05, 3.63) is 23.8 Å². The third kappa shape index (κ3) is 4.73. The first kappa shape index (κ1) is 16.3. The molecule has 20 heavy (non-hydrogen) atoms. The van der Waals surface area contributed by atoms with Gasteiger partial charge in [-0.25, -0.2) is 13.2 Å². The maximum absolute atomic E-state index is 12.0. The van der Waals surface area contributed by atoms with E-state index >= 15 is 0 Å². The zero-order valence-electron chi connectivity index (χ0n) is 11.9. The van der Waals surface area contributed by atoms with Crippen molar-refractivity contribution in [2.75, 3.05) is 17.6 Å². The van der Waals surface area contributed by atoms with Crippen LogP contribution in [-0.2, 0) is 10.0 Å². The molecular weight excluding hydrogens is 282 g/mol. The summed E-state index contributed by atoms with van der Waals surface area (Å²) in [5.74, 6) is -0.982. The molecule has 2 N–H and O–H groups in total. The fourth-order valence-corrected chi connectivity index (χ4v) is 3.42. The van der Waals surface area contributed by atoms with Gasteiger partial charge in [0.1, 0.15) is 5.75 Å². The first-order chi connectivity index (χ1) is 9.04. The first-order valence-electron chi connectivity index (χ1n) is 5.96. The minimum absolute atomic E-state index is 0.0301. The molecule has 7 heteroatoms. The summed E-state index contributed by atoms with van der Waals surface area (Å²) in [6.07, 6.45) is 0. The molecule has 0 aliphatic carbocycles. The van der Waals surface area contributed by atoms with E-state index in [0.717, 1.165) is 0 Å². The normalized spacial score (nSPS) is 12.0. The van der Waals surface area contributed by atoms with Crippen LogP contribution in [0.2, 0.25) is 0 Å². The van der Waals surface area contributed by atoms with Gasteiger partial charge in [-0.05, 0) is 23.6 Å². The summed E-state index contributed by atoms with van der Waals surface area (Å²) in [6.45, 7) is 5.37. The molecule has 0 unspecified atom stereocenters. The van der Waals surface area contributed by atoms with Gasteiger partial charge >= 0.3 is 5.97 Å². The Morgan fingerprint density at radius 3 is 2.40 bits per heavy atom. The number of carbonyl (C=O) groups is 1.